The molecule has 0 amide bonds. The summed E-state index contributed by atoms with van der Waals surface area (Å²) in [5, 5.41) is 27.4. The van der Waals surface area contributed by atoms with Crippen LogP contribution in [0.15, 0.2) is 18.2 Å². The van der Waals surface area contributed by atoms with Crippen LogP contribution in [0.2, 0.25) is 5.02 Å². The zero-order valence-corrected chi connectivity index (χ0v) is 6.99. The van der Waals surface area contributed by atoms with Gasteiger partial charge in [-0.3, -0.25) is 0 Å². The van der Waals surface area contributed by atoms with Gasteiger partial charge in [-0.1, -0.05) is 11.6 Å². The molecule has 0 saturated heterocycles. The molecule has 0 bridgehead atoms. The van der Waals surface area contributed by atoms with Gasteiger partial charge in [-0.25, -0.2) is 0 Å². The number of aromatic hydroxyl groups is 1. The van der Waals surface area contributed by atoms with Crippen molar-refractivity contribution in [1.29, 1.82) is 0 Å². The topological polar surface area (TPSA) is 60.7 Å². The fourth-order valence-corrected chi connectivity index (χ4v) is 1.07. The lowest BCUT2D eigenvalue weighted by Crippen LogP contribution is -2.02. The summed E-state index contributed by atoms with van der Waals surface area (Å²) in [6, 6.07) is 4.29. The van der Waals surface area contributed by atoms with Crippen LogP contribution in [0.4, 0.5) is 0 Å². The molecule has 66 valence electrons. The maximum Gasteiger partial charge on any atom is 0.121 e. The van der Waals surface area contributed by atoms with Crippen LogP contribution < -0.4 is 0 Å². The summed E-state index contributed by atoms with van der Waals surface area (Å²) in [4.78, 5) is 0. The van der Waals surface area contributed by atoms with Crippen molar-refractivity contribution in [1.82, 2.24) is 0 Å². The predicted molar refractivity (Wildman–Crippen MR) is 45.2 cm³/mol. The van der Waals surface area contributed by atoms with Gasteiger partial charge in [0.25, 0.3) is 0 Å². The molecule has 1 atom stereocenters. The fraction of sp³-hybridized carbons (Fsp3) is 0.250. The monoisotopic (exact) mass is 188 g/mol. The largest absolute Gasteiger partial charge is 0.508 e. The lowest BCUT2D eigenvalue weighted by Gasteiger charge is -2.09. The normalized spacial score (nSPS) is 12.9. The zero-order chi connectivity index (χ0) is 9.14. The first-order chi connectivity index (χ1) is 5.65. The SMILES string of the molecule is OCC(O)c1cc(Cl)ccc1O. The van der Waals surface area contributed by atoms with Crippen molar-refractivity contribution < 1.29 is 15.3 Å². The molecule has 0 aliphatic heterocycles. The number of hydrogen-bond donors (Lipinski definition) is 3. The number of aliphatic hydroxyl groups excluding tert-OH is 2. The first kappa shape index (κ1) is 9.32. The summed E-state index contributed by atoms with van der Waals surface area (Å²) >= 11 is 5.61. The molecule has 3 N–H and O–H groups in total. The van der Waals surface area contributed by atoms with Crippen molar-refractivity contribution >= 4 is 11.6 Å². The molecule has 4 heteroatoms. The Bertz CT molecular complexity index is 275. The smallest absolute Gasteiger partial charge is 0.121 e. The second kappa shape index (κ2) is 3.76. The third-order valence-electron chi connectivity index (χ3n) is 1.52. The third kappa shape index (κ3) is 1.88. The molecule has 3 nitrogen and oxygen atoms in total. The molecule has 0 aromatic heterocycles. The first-order valence-electron chi connectivity index (χ1n) is 3.42. The van der Waals surface area contributed by atoms with E-state index in [1.54, 1.807) is 0 Å². The predicted octanol–water partition coefficient (Wildman–Crippen LogP) is 1.07. The van der Waals surface area contributed by atoms with E-state index in [2.05, 4.69) is 0 Å². The molecule has 1 aromatic carbocycles. The van der Waals surface area contributed by atoms with Gasteiger partial charge in [0.05, 0.1) is 6.61 Å². The molecular weight excluding hydrogens is 180 g/mol. The van der Waals surface area contributed by atoms with E-state index in [9.17, 15) is 5.11 Å². The quantitative estimate of drug-likeness (QED) is 0.651. The average molecular weight is 189 g/mol. The van der Waals surface area contributed by atoms with Crippen molar-refractivity contribution in [3.8, 4) is 5.75 Å². The van der Waals surface area contributed by atoms with Gasteiger partial charge in [-0.2, -0.15) is 0 Å². The van der Waals surface area contributed by atoms with Gasteiger partial charge in [0.2, 0.25) is 0 Å². The lowest BCUT2D eigenvalue weighted by atomic mass is 10.1. The summed E-state index contributed by atoms with van der Waals surface area (Å²) in [6.45, 7) is -0.437. The Morgan fingerprint density at radius 3 is 2.67 bits per heavy atom. The van der Waals surface area contributed by atoms with Crippen LogP contribution in [0, 0.1) is 0 Å². The Hall–Kier alpha value is -0.770. The second-order valence-electron chi connectivity index (χ2n) is 2.40. The van der Waals surface area contributed by atoms with Crippen molar-refractivity contribution in [2.24, 2.45) is 0 Å². The standard InChI is InChI=1S/C8H9ClO3/c9-5-1-2-7(11)6(3-5)8(12)4-10/h1-3,8,10-12H,4H2. The molecule has 0 aliphatic carbocycles. The number of halogens is 1. The van der Waals surface area contributed by atoms with Gasteiger partial charge in [-0.05, 0) is 18.2 Å². The van der Waals surface area contributed by atoms with E-state index in [-0.39, 0.29) is 11.3 Å². The summed E-state index contributed by atoms with van der Waals surface area (Å²) < 4.78 is 0. The highest BCUT2D eigenvalue weighted by Gasteiger charge is 2.10. The minimum atomic E-state index is -1.08. The highest BCUT2D eigenvalue weighted by molar-refractivity contribution is 6.30. The van der Waals surface area contributed by atoms with Gasteiger partial charge in [0.15, 0.2) is 0 Å². The van der Waals surface area contributed by atoms with Crippen LogP contribution in [0.25, 0.3) is 0 Å². The minimum Gasteiger partial charge on any atom is -0.508 e. The molecule has 0 fully saturated rings. The molecule has 0 radical (unpaired) electrons. The number of benzene rings is 1. The Morgan fingerprint density at radius 2 is 2.08 bits per heavy atom. The van der Waals surface area contributed by atoms with E-state index in [1.165, 1.54) is 18.2 Å². The summed E-state index contributed by atoms with van der Waals surface area (Å²) in [5.74, 6) is -0.0686. The number of phenols is 1. The van der Waals surface area contributed by atoms with E-state index in [0.717, 1.165) is 0 Å². The van der Waals surface area contributed by atoms with E-state index in [0.29, 0.717) is 5.02 Å². The van der Waals surface area contributed by atoms with E-state index in [4.69, 9.17) is 21.8 Å². The molecule has 0 heterocycles. The second-order valence-corrected chi connectivity index (χ2v) is 2.84. The Balaban J connectivity index is 3.04. The molecule has 1 unspecified atom stereocenters. The highest BCUT2D eigenvalue weighted by atomic mass is 35.5. The van der Waals surface area contributed by atoms with Crippen molar-refractivity contribution in [3.05, 3.63) is 28.8 Å². The zero-order valence-electron chi connectivity index (χ0n) is 6.24. The Morgan fingerprint density at radius 1 is 1.42 bits per heavy atom. The van der Waals surface area contributed by atoms with Crippen LogP contribution in [0.3, 0.4) is 0 Å². The number of hydrogen-bond acceptors (Lipinski definition) is 3. The molecule has 0 aliphatic rings. The van der Waals surface area contributed by atoms with Gasteiger partial charge in [0, 0.05) is 10.6 Å². The van der Waals surface area contributed by atoms with Crippen LogP contribution in [-0.4, -0.2) is 21.9 Å². The van der Waals surface area contributed by atoms with Crippen LogP contribution in [-0.2, 0) is 0 Å². The summed E-state index contributed by atoms with van der Waals surface area (Å²) in [7, 11) is 0. The molecule has 12 heavy (non-hydrogen) atoms. The van der Waals surface area contributed by atoms with E-state index < -0.39 is 12.7 Å². The van der Waals surface area contributed by atoms with Crippen molar-refractivity contribution in [3.63, 3.8) is 0 Å². The summed E-state index contributed by atoms with van der Waals surface area (Å²) in [6.07, 6.45) is -1.08. The summed E-state index contributed by atoms with van der Waals surface area (Å²) in [5.41, 5.74) is 0.241. The molecule has 0 spiro atoms. The maximum absolute atomic E-state index is 9.21. The molecule has 1 rings (SSSR count). The Labute approximate surface area is 74.8 Å². The van der Waals surface area contributed by atoms with Gasteiger partial charge < -0.3 is 15.3 Å². The highest BCUT2D eigenvalue weighted by Crippen LogP contribution is 2.26. The lowest BCUT2D eigenvalue weighted by molar-refractivity contribution is 0.0935. The average Bonchev–Trinajstić information content (AvgIpc) is 2.08. The molecule has 0 saturated carbocycles. The van der Waals surface area contributed by atoms with E-state index in [1.807, 2.05) is 0 Å². The van der Waals surface area contributed by atoms with Crippen molar-refractivity contribution in [2.75, 3.05) is 6.61 Å². The van der Waals surface area contributed by atoms with Crippen LogP contribution in [0.1, 0.15) is 11.7 Å². The van der Waals surface area contributed by atoms with Crippen molar-refractivity contribution in [2.45, 2.75) is 6.10 Å². The van der Waals surface area contributed by atoms with Gasteiger partial charge >= 0.3 is 0 Å². The first-order valence-corrected chi connectivity index (χ1v) is 3.80. The molecule has 1 aromatic rings. The number of phenolic OH excluding ortho intramolecular Hbond substituents is 1. The minimum absolute atomic E-state index is 0.0686. The molecular formula is C8H9ClO3. The van der Waals surface area contributed by atoms with Crippen LogP contribution >= 0.6 is 11.6 Å². The van der Waals surface area contributed by atoms with Crippen LogP contribution in [0.5, 0.6) is 5.75 Å². The van der Waals surface area contributed by atoms with Gasteiger partial charge in [0.1, 0.15) is 11.9 Å². The van der Waals surface area contributed by atoms with Gasteiger partial charge in [-0.15, -0.1) is 0 Å². The van der Waals surface area contributed by atoms with E-state index >= 15 is 0 Å². The Kier molecular flexibility index (Phi) is 2.92. The number of aliphatic hydroxyl groups is 2. The number of rotatable bonds is 2. The maximum atomic E-state index is 9.21. The third-order valence-corrected chi connectivity index (χ3v) is 1.76. The fourth-order valence-electron chi connectivity index (χ4n) is 0.891.